The van der Waals surface area contributed by atoms with Crippen LogP contribution in [0.1, 0.15) is 37.7 Å². The van der Waals surface area contributed by atoms with Gasteiger partial charge in [-0.05, 0) is 27.8 Å². The van der Waals surface area contributed by atoms with Crippen LogP contribution >= 0.6 is 26.6 Å². The van der Waals surface area contributed by atoms with E-state index in [4.69, 9.17) is 15.1 Å². The van der Waals surface area contributed by atoms with Crippen molar-refractivity contribution in [3.05, 3.63) is 16.5 Å². The largest absolute Gasteiger partial charge is 0.443 e. The highest BCUT2D eigenvalue weighted by molar-refractivity contribution is 9.10. The molecule has 0 bridgehead atoms. The maximum atomic E-state index is 11.8. The van der Waals surface area contributed by atoms with E-state index in [-0.39, 0.29) is 20.7 Å². The van der Waals surface area contributed by atoms with Crippen LogP contribution in [0.15, 0.2) is 20.0 Å². The van der Waals surface area contributed by atoms with Crippen LogP contribution in [0.5, 0.6) is 0 Å². The zero-order chi connectivity index (χ0) is 14.8. The molecule has 1 amide bonds. The van der Waals surface area contributed by atoms with Crippen molar-refractivity contribution in [2.24, 2.45) is 5.41 Å². The fourth-order valence-electron chi connectivity index (χ4n) is 1.16. The van der Waals surface area contributed by atoms with Gasteiger partial charge in [0.05, 0.1) is 0 Å². The third-order valence-electron chi connectivity index (χ3n) is 2.83. The van der Waals surface area contributed by atoms with Gasteiger partial charge >= 0.3 is 0 Å². The van der Waals surface area contributed by atoms with Gasteiger partial charge in [-0.15, -0.1) is 0 Å². The predicted octanol–water partition coefficient (Wildman–Crippen LogP) is 3.14. The molecule has 0 aliphatic heterocycles. The van der Waals surface area contributed by atoms with E-state index in [1.165, 1.54) is 0 Å². The Morgan fingerprint density at radius 3 is 2.53 bits per heavy atom. The second-order valence-electron chi connectivity index (χ2n) is 4.89. The van der Waals surface area contributed by atoms with Crippen molar-refractivity contribution in [1.29, 1.82) is 0 Å². The number of carbonyl (C=O) groups is 1. The van der Waals surface area contributed by atoms with Crippen molar-refractivity contribution in [3.63, 3.8) is 0 Å². The minimum atomic E-state index is -3.94. The first-order valence-corrected chi connectivity index (χ1v) is 8.69. The molecule has 0 fully saturated rings. The van der Waals surface area contributed by atoms with E-state index in [2.05, 4.69) is 21.2 Å². The molecule has 1 aromatic rings. The second kappa shape index (κ2) is 5.85. The summed E-state index contributed by atoms with van der Waals surface area (Å²) in [5.74, 6) is -0.577. The number of furan rings is 1. The molecule has 1 heterocycles. The van der Waals surface area contributed by atoms with Crippen LogP contribution in [0.25, 0.3) is 0 Å². The van der Waals surface area contributed by atoms with E-state index in [0.717, 1.165) is 12.5 Å². The fraction of sp³-hybridized carbons (Fsp3) is 0.545. The highest BCUT2D eigenvalue weighted by Gasteiger charge is 2.24. The summed E-state index contributed by atoms with van der Waals surface area (Å²) < 4.78 is 27.4. The maximum Gasteiger partial charge on any atom is 0.287 e. The molecule has 8 heteroatoms. The molecular formula is C11H15BrClNO4S. The summed E-state index contributed by atoms with van der Waals surface area (Å²) in [4.78, 5) is 11.6. The molecule has 1 N–H and O–H groups in total. The molecule has 0 spiro atoms. The zero-order valence-corrected chi connectivity index (χ0v) is 13.9. The van der Waals surface area contributed by atoms with Gasteiger partial charge in [0, 0.05) is 23.3 Å². The third-order valence-corrected chi connectivity index (χ3v) is 5.01. The Morgan fingerprint density at radius 2 is 2.11 bits per heavy atom. The van der Waals surface area contributed by atoms with Gasteiger partial charge in [0.1, 0.15) is 4.90 Å². The standard InChI is InChI=1S/C11H15BrClNO4S/c1-4-11(2,3)6-14-10(15)7-5-8(9(12)18-7)19(13,16)17/h5H,4,6H2,1-3H3,(H,14,15). The minimum absolute atomic E-state index is 0.0408. The van der Waals surface area contributed by atoms with Gasteiger partial charge in [-0.2, -0.15) is 0 Å². The minimum Gasteiger partial charge on any atom is -0.443 e. The van der Waals surface area contributed by atoms with E-state index >= 15 is 0 Å². The first kappa shape index (κ1) is 16.5. The molecular weight excluding hydrogens is 358 g/mol. The molecule has 0 saturated carbocycles. The second-order valence-corrected chi connectivity index (χ2v) is 8.14. The summed E-state index contributed by atoms with van der Waals surface area (Å²) in [6.07, 6.45) is 0.899. The number of carbonyl (C=O) groups excluding carboxylic acids is 1. The average molecular weight is 373 g/mol. The van der Waals surface area contributed by atoms with Crippen LogP contribution in [0.3, 0.4) is 0 Å². The van der Waals surface area contributed by atoms with Crippen LogP contribution in [0.4, 0.5) is 0 Å². The Balaban J connectivity index is 2.85. The van der Waals surface area contributed by atoms with Crippen molar-refractivity contribution < 1.29 is 17.6 Å². The Kier molecular flexibility index (Phi) is 5.08. The zero-order valence-electron chi connectivity index (χ0n) is 10.8. The highest BCUT2D eigenvalue weighted by Crippen LogP contribution is 2.28. The third kappa shape index (κ3) is 4.50. The van der Waals surface area contributed by atoms with E-state index in [1.807, 2.05) is 20.8 Å². The van der Waals surface area contributed by atoms with Crippen molar-refractivity contribution in [3.8, 4) is 0 Å². The van der Waals surface area contributed by atoms with Crippen LogP contribution in [-0.4, -0.2) is 20.9 Å². The van der Waals surface area contributed by atoms with Gasteiger partial charge in [0.2, 0.25) is 0 Å². The molecule has 0 saturated heterocycles. The van der Waals surface area contributed by atoms with Crippen molar-refractivity contribution >= 4 is 41.6 Å². The number of hydrogen-bond acceptors (Lipinski definition) is 4. The lowest BCUT2D eigenvalue weighted by molar-refractivity contribution is 0.0906. The van der Waals surface area contributed by atoms with Crippen LogP contribution in [0, 0.1) is 5.41 Å². The predicted molar refractivity (Wildman–Crippen MR) is 75.9 cm³/mol. The normalized spacial score (nSPS) is 12.5. The molecule has 5 nitrogen and oxygen atoms in total. The molecule has 0 atom stereocenters. The summed E-state index contributed by atoms with van der Waals surface area (Å²) in [5.41, 5.74) is -0.0408. The van der Waals surface area contributed by atoms with E-state index in [1.54, 1.807) is 0 Å². The number of rotatable bonds is 5. The number of hydrogen-bond donors (Lipinski definition) is 1. The molecule has 0 aliphatic rings. The van der Waals surface area contributed by atoms with Gasteiger partial charge in [-0.1, -0.05) is 20.8 Å². The van der Waals surface area contributed by atoms with E-state index < -0.39 is 15.0 Å². The molecule has 0 aromatic carbocycles. The van der Waals surface area contributed by atoms with E-state index in [9.17, 15) is 13.2 Å². The summed E-state index contributed by atoms with van der Waals surface area (Å²) >= 11 is 2.92. The monoisotopic (exact) mass is 371 g/mol. The number of nitrogens with one attached hydrogen (secondary N) is 1. The Morgan fingerprint density at radius 1 is 1.53 bits per heavy atom. The van der Waals surface area contributed by atoms with Crippen molar-refractivity contribution in [1.82, 2.24) is 5.32 Å². The Labute approximate surface area is 125 Å². The van der Waals surface area contributed by atoms with Crippen molar-refractivity contribution in [2.45, 2.75) is 32.1 Å². The molecule has 1 rings (SSSR count). The Hall–Kier alpha value is -0.530. The smallest absolute Gasteiger partial charge is 0.287 e. The lowest BCUT2D eigenvalue weighted by atomic mass is 9.90. The molecule has 108 valence electrons. The SMILES string of the molecule is CCC(C)(C)CNC(=O)c1cc(S(=O)(=O)Cl)c(Br)o1. The molecule has 0 aliphatic carbocycles. The van der Waals surface area contributed by atoms with Crippen LogP contribution < -0.4 is 5.32 Å². The van der Waals surface area contributed by atoms with Gasteiger partial charge in [0.25, 0.3) is 15.0 Å². The van der Waals surface area contributed by atoms with Gasteiger partial charge in [-0.3, -0.25) is 4.79 Å². The lowest BCUT2D eigenvalue weighted by Crippen LogP contribution is -2.33. The first-order chi connectivity index (χ1) is 8.57. The molecule has 19 heavy (non-hydrogen) atoms. The number of halogens is 2. The van der Waals surface area contributed by atoms with Gasteiger partial charge in [0.15, 0.2) is 10.4 Å². The Bertz CT molecular complexity index is 580. The fourth-order valence-corrected chi connectivity index (χ4v) is 3.19. The molecule has 0 radical (unpaired) electrons. The lowest BCUT2D eigenvalue weighted by Gasteiger charge is -2.22. The average Bonchev–Trinajstić information content (AvgIpc) is 2.68. The van der Waals surface area contributed by atoms with E-state index in [0.29, 0.717) is 6.54 Å². The summed E-state index contributed by atoms with van der Waals surface area (Å²) in [6, 6.07) is 1.10. The van der Waals surface area contributed by atoms with Gasteiger partial charge < -0.3 is 9.73 Å². The summed E-state index contributed by atoms with van der Waals surface area (Å²) in [7, 11) is 1.26. The summed E-state index contributed by atoms with van der Waals surface area (Å²) in [5, 5.41) is 2.69. The van der Waals surface area contributed by atoms with Crippen LogP contribution in [0.2, 0.25) is 0 Å². The highest BCUT2D eigenvalue weighted by atomic mass is 79.9. The van der Waals surface area contributed by atoms with Crippen molar-refractivity contribution in [2.75, 3.05) is 6.54 Å². The maximum absolute atomic E-state index is 11.8. The summed E-state index contributed by atoms with van der Waals surface area (Å²) in [6.45, 7) is 6.51. The van der Waals surface area contributed by atoms with Crippen LogP contribution in [-0.2, 0) is 9.05 Å². The molecule has 0 unspecified atom stereocenters. The van der Waals surface area contributed by atoms with Gasteiger partial charge in [-0.25, -0.2) is 8.42 Å². The first-order valence-electron chi connectivity index (χ1n) is 5.59. The quantitative estimate of drug-likeness (QED) is 0.806. The number of amides is 1. The molecule has 1 aromatic heterocycles. The topological polar surface area (TPSA) is 76.4 Å².